The van der Waals surface area contributed by atoms with Crippen LogP contribution in [0.5, 0.6) is 0 Å². The minimum Gasteiger partial charge on any atom is -0.323 e. The van der Waals surface area contributed by atoms with E-state index in [-0.39, 0.29) is 12.6 Å². The molecule has 2 rings (SSSR count). The highest BCUT2D eigenvalue weighted by molar-refractivity contribution is 7.91. The first kappa shape index (κ1) is 13.9. The Morgan fingerprint density at radius 2 is 1.95 bits per heavy atom. The van der Waals surface area contributed by atoms with E-state index in [1.165, 1.54) is 6.26 Å². The highest BCUT2D eigenvalue weighted by Crippen LogP contribution is 2.17. The van der Waals surface area contributed by atoms with E-state index in [1.54, 1.807) is 4.90 Å². The number of likely N-dealkylation sites (tertiary alicyclic amines) is 1. The Morgan fingerprint density at radius 3 is 2.47 bits per heavy atom. The summed E-state index contributed by atoms with van der Waals surface area (Å²) in [7, 11) is -3.07. The van der Waals surface area contributed by atoms with E-state index >= 15 is 0 Å². The minimum atomic E-state index is -3.07. The molecule has 1 aliphatic heterocycles. The summed E-state index contributed by atoms with van der Waals surface area (Å²) >= 11 is 0. The van der Waals surface area contributed by atoms with Crippen molar-refractivity contribution in [2.75, 3.05) is 24.7 Å². The monoisotopic (exact) mass is 282 g/mol. The van der Waals surface area contributed by atoms with E-state index < -0.39 is 15.1 Å². The van der Waals surface area contributed by atoms with Crippen LogP contribution in [0, 0.1) is 6.92 Å². The Balaban J connectivity index is 1.97. The van der Waals surface area contributed by atoms with Crippen LogP contribution < -0.4 is 5.32 Å². The zero-order valence-corrected chi connectivity index (χ0v) is 11.9. The van der Waals surface area contributed by atoms with Crippen molar-refractivity contribution in [1.82, 2.24) is 4.90 Å². The number of sulfone groups is 1. The van der Waals surface area contributed by atoms with Crippen LogP contribution in [0.15, 0.2) is 24.3 Å². The summed E-state index contributed by atoms with van der Waals surface area (Å²) in [5.41, 5.74) is 1.84. The number of benzene rings is 1. The smallest absolute Gasteiger partial charge is 0.321 e. The maximum absolute atomic E-state index is 12.0. The third-order valence-electron chi connectivity index (χ3n) is 3.34. The van der Waals surface area contributed by atoms with Gasteiger partial charge in [0.25, 0.3) is 0 Å². The average Bonchev–Trinajstić information content (AvgIpc) is 2.81. The molecule has 2 amide bonds. The highest BCUT2D eigenvalue weighted by Gasteiger charge is 2.32. The van der Waals surface area contributed by atoms with Crippen LogP contribution in [0.25, 0.3) is 0 Å². The Morgan fingerprint density at radius 1 is 1.32 bits per heavy atom. The molecule has 1 N–H and O–H groups in total. The van der Waals surface area contributed by atoms with Crippen LogP contribution in [0.2, 0.25) is 0 Å². The third kappa shape index (κ3) is 3.47. The van der Waals surface area contributed by atoms with Gasteiger partial charge in [-0.05, 0) is 25.5 Å². The molecule has 0 spiro atoms. The van der Waals surface area contributed by atoms with Crippen molar-refractivity contribution in [1.29, 1.82) is 0 Å². The SMILES string of the molecule is Cc1ccc(NC(=O)N2CCC(S(C)(=O)=O)C2)cc1. The lowest BCUT2D eigenvalue weighted by molar-refractivity contribution is 0.222. The number of hydrogen-bond donors (Lipinski definition) is 1. The summed E-state index contributed by atoms with van der Waals surface area (Å²) in [5, 5.41) is 2.34. The predicted molar refractivity (Wildman–Crippen MR) is 75.0 cm³/mol. The molecule has 0 aromatic heterocycles. The molecular weight excluding hydrogens is 264 g/mol. The fraction of sp³-hybridized carbons (Fsp3) is 0.462. The molecule has 1 fully saturated rings. The third-order valence-corrected chi connectivity index (χ3v) is 4.94. The predicted octanol–water partition coefficient (Wildman–Crippen LogP) is 1.65. The van der Waals surface area contributed by atoms with Crippen molar-refractivity contribution < 1.29 is 13.2 Å². The van der Waals surface area contributed by atoms with E-state index in [1.807, 2.05) is 31.2 Å². The molecule has 1 aromatic carbocycles. The van der Waals surface area contributed by atoms with Gasteiger partial charge in [0.2, 0.25) is 0 Å². The lowest BCUT2D eigenvalue weighted by atomic mass is 10.2. The zero-order chi connectivity index (χ0) is 14.0. The largest absolute Gasteiger partial charge is 0.323 e. The fourth-order valence-electron chi connectivity index (χ4n) is 2.10. The number of amides is 2. The van der Waals surface area contributed by atoms with Crippen LogP contribution >= 0.6 is 0 Å². The molecule has 0 bridgehead atoms. The lowest BCUT2D eigenvalue weighted by Gasteiger charge is -2.17. The number of carbonyl (C=O) groups is 1. The van der Waals surface area contributed by atoms with Crippen LogP contribution in [-0.2, 0) is 9.84 Å². The van der Waals surface area contributed by atoms with Gasteiger partial charge in [-0.2, -0.15) is 0 Å². The van der Waals surface area contributed by atoms with Crippen molar-refractivity contribution in [3.63, 3.8) is 0 Å². The molecule has 5 nitrogen and oxygen atoms in total. The van der Waals surface area contributed by atoms with E-state index in [0.29, 0.717) is 13.0 Å². The number of nitrogens with zero attached hydrogens (tertiary/aromatic N) is 1. The zero-order valence-electron chi connectivity index (χ0n) is 11.1. The topological polar surface area (TPSA) is 66.5 Å². The molecule has 1 atom stereocenters. The second-order valence-electron chi connectivity index (χ2n) is 4.98. The molecular formula is C13H18N2O3S. The van der Waals surface area contributed by atoms with Crippen LogP contribution in [0.3, 0.4) is 0 Å². The first-order chi connectivity index (χ1) is 8.86. The Labute approximate surface area is 113 Å². The van der Waals surface area contributed by atoms with Crippen LogP contribution in [-0.4, -0.2) is 43.9 Å². The summed E-state index contributed by atoms with van der Waals surface area (Å²) in [4.78, 5) is 13.5. The van der Waals surface area contributed by atoms with Crippen LogP contribution in [0.4, 0.5) is 10.5 Å². The molecule has 104 valence electrons. The molecule has 1 unspecified atom stereocenters. The lowest BCUT2D eigenvalue weighted by Crippen LogP contribution is -2.34. The van der Waals surface area contributed by atoms with E-state index in [4.69, 9.17) is 0 Å². The number of nitrogens with one attached hydrogen (secondary N) is 1. The normalized spacial score (nSPS) is 19.5. The molecule has 0 aliphatic carbocycles. The summed E-state index contributed by atoms with van der Waals surface area (Å²) in [6.07, 6.45) is 1.74. The molecule has 1 aromatic rings. The fourth-order valence-corrected chi connectivity index (χ4v) is 3.09. The van der Waals surface area contributed by atoms with Crippen molar-refractivity contribution in [2.24, 2.45) is 0 Å². The van der Waals surface area contributed by atoms with Crippen LogP contribution in [0.1, 0.15) is 12.0 Å². The molecule has 0 radical (unpaired) electrons. The van der Waals surface area contributed by atoms with Gasteiger partial charge in [-0.15, -0.1) is 0 Å². The summed E-state index contributed by atoms with van der Waals surface area (Å²) in [5.74, 6) is 0. The van der Waals surface area contributed by atoms with Gasteiger partial charge < -0.3 is 10.2 Å². The number of carbonyl (C=O) groups excluding carboxylic acids is 1. The van der Waals surface area contributed by atoms with Crippen molar-refractivity contribution in [3.8, 4) is 0 Å². The maximum Gasteiger partial charge on any atom is 0.321 e. The van der Waals surface area contributed by atoms with E-state index in [9.17, 15) is 13.2 Å². The molecule has 1 heterocycles. The molecule has 19 heavy (non-hydrogen) atoms. The minimum absolute atomic E-state index is 0.241. The van der Waals surface area contributed by atoms with Crippen molar-refractivity contribution in [2.45, 2.75) is 18.6 Å². The van der Waals surface area contributed by atoms with Gasteiger partial charge >= 0.3 is 6.03 Å². The number of aryl methyl sites for hydroxylation is 1. The van der Waals surface area contributed by atoms with Gasteiger partial charge in [0.05, 0.1) is 5.25 Å². The number of urea groups is 1. The van der Waals surface area contributed by atoms with E-state index in [0.717, 1.165) is 11.3 Å². The quantitative estimate of drug-likeness (QED) is 0.897. The maximum atomic E-state index is 12.0. The summed E-state index contributed by atoms with van der Waals surface area (Å²) in [6.45, 7) is 2.73. The number of anilines is 1. The second kappa shape index (κ2) is 5.21. The van der Waals surface area contributed by atoms with Gasteiger partial charge in [0.1, 0.15) is 0 Å². The van der Waals surface area contributed by atoms with Gasteiger partial charge in [-0.1, -0.05) is 17.7 Å². The molecule has 6 heteroatoms. The first-order valence-corrected chi connectivity index (χ1v) is 8.13. The first-order valence-electron chi connectivity index (χ1n) is 6.18. The van der Waals surface area contributed by atoms with E-state index in [2.05, 4.69) is 5.32 Å². The highest BCUT2D eigenvalue weighted by atomic mass is 32.2. The number of hydrogen-bond acceptors (Lipinski definition) is 3. The molecule has 1 saturated heterocycles. The average molecular weight is 282 g/mol. The van der Waals surface area contributed by atoms with Gasteiger partial charge in [-0.25, -0.2) is 13.2 Å². The molecule has 1 aliphatic rings. The summed E-state index contributed by atoms with van der Waals surface area (Å²) < 4.78 is 22.9. The Kier molecular flexibility index (Phi) is 3.80. The molecule has 0 saturated carbocycles. The van der Waals surface area contributed by atoms with Gasteiger partial charge in [-0.3, -0.25) is 0 Å². The van der Waals surface area contributed by atoms with Gasteiger partial charge in [0, 0.05) is 25.0 Å². The second-order valence-corrected chi connectivity index (χ2v) is 7.31. The number of rotatable bonds is 2. The Hall–Kier alpha value is -1.56. The van der Waals surface area contributed by atoms with Gasteiger partial charge in [0.15, 0.2) is 9.84 Å². The summed E-state index contributed by atoms with van der Waals surface area (Å²) in [6, 6.07) is 7.25. The standard InChI is InChI=1S/C13H18N2O3S/c1-10-3-5-11(6-4-10)14-13(16)15-8-7-12(9-15)19(2,17)18/h3-6,12H,7-9H2,1-2H3,(H,14,16). The van der Waals surface area contributed by atoms with Crippen molar-refractivity contribution >= 4 is 21.6 Å². The van der Waals surface area contributed by atoms with Crippen molar-refractivity contribution in [3.05, 3.63) is 29.8 Å². The Bertz CT molecular complexity index is 566.